The Morgan fingerprint density at radius 3 is 2.78 bits per heavy atom. The average Bonchev–Trinajstić information content (AvgIpc) is 2.82. The number of hydrogen-bond acceptors (Lipinski definition) is 4. The van der Waals surface area contributed by atoms with Crippen LogP contribution in [0.15, 0.2) is 28.7 Å². The highest BCUT2D eigenvalue weighted by Gasteiger charge is 2.20. The van der Waals surface area contributed by atoms with Gasteiger partial charge in [0, 0.05) is 12.3 Å². The highest BCUT2D eigenvalue weighted by atomic mass is 16.3. The van der Waals surface area contributed by atoms with Crippen LogP contribution in [0.5, 0.6) is 0 Å². The van der Waals surface area contributed by atoms with Gasteiger partial charge >= 0.3 is 0 Å². The number of piperidine rings is 1. The van der Waals surface area contributed by atoms with Crippen LogP contribution in [0.2, 0.25) is 0 Å². The van der Waals surface area contributed by atoms with Gasteiger partial charge in [0.1, 0.15) is 6.26 Å². The van der Waals surface area contributed by atoms with Crippen molar-refractivity contribution in [2.75, 3.05) is 13.1 Å². The van der Waals surface area contributed by atoms with Crippen LogP contribution in [-0.2, 0) is 6.54 Å². The third-order valence-corrected chi connectivity index (χ3v) is 3.54. The summed E-state index contributed by atoms with van der Waals surface area (Å²) in [6, 6.07) is 0. The van der Waals surface area contributed by atoms with Crippen LogP contribution in [0.3, 0.4) is 0 Å². The molecule has 1 N–H and O–H groups in total. The fourth-order valence-electron chi connectivity index (χ4n) is 2.55. The molecule has 1 aromatic heterocycles. The zero-order chi connectivity index (χ0) is 13.0. The van der Waals surface area contributed by atoms with E-state index in [0.29, 0.717) is 11.6 Å². The standard InChI is InChI=1S/C14H21N3O/c1-11(7-12(2)15)13-3-5-17(6-4-13)8-14-9-18-10-16-14/h7,9-10,13,15H,3-6,8H2,1-2H3/b11-7+,15-12?. The van der Waals surface area contributed by atoms with Gasteiger partial charge in [-0.1, -0.05) is 5.57 Å². The van der Waals surface area contributed by atoms with Gasteiger partial charge in [0.25, 0.3) is 0 Å². The zero-order valence-electron chi connectivity index (χ0n) is 11.1. The summed E-state index contributed by atoms with van der Waals surface area (Å²) in [5.74, 6) is 0.638. The molecule has 18 heavy (non-hydrogen) atoms. The van der Waals surface area contributed by atoms with E-state index >= 15 is 0 Å². The van der Waals surface area contributed by atoms with Crippen molar-refractivity contribution in [2.45, 2.75) is 33.2 Å². The number of hydrogen-bond donors (Lipinski definition) is 1. The Labute approximate surface area is 108 Å². The number of likely N-dealkylation sites (tertiary alicyclic amines) is 1. The van der Waals surface area contributed by atoms with Crippen molar-refractivity contribution in [1.29, 1.82) is 5.41 Å². The van der Waals surface area contributed by atoms with Gasteiger partial charge in [-0.05, 0) is 51.8 Å². The Hall–Kier alpha value is -1.42. The molecule has 0 unspecified atom stereocenters. The molecule has 2 heterocycles. The Bertz CT molecular complexity index is 414. The highest BCUT2D eigenvalue weighted by Crippen LogP contribution is 2.25. The molecule has 1 fully saturated rings. The molecule has 1 aliphatic rings. The molecule has 0 amide bonds. The summed E-state index contributed by atoms with van der Waals surface area (Å²) >= 11 is 0. The molecule has 0 spiro atoms. The van der Waals surface area contributed by atoms with Crippen molar-refractivity contribution in [3.8, 4) is 0 Å². The minimum atomic E-state index is 0.638. The Kier molecular flexibility index (Phi) is 4.31. The van der Waals surface area contributed by atoms with E-state index < -0.39 is 0 Å². The first-order chi connectivity index (χ1) is 8.65. The summed E-state index contributed by atoms with van der Waals surface area (Å²) < 4.78 is 4.99. The van der Waals surface area contributed by atoms with Gasteiger partial charge in [-0.15, -0.1) is 0 Å². The molecule has 1 aromatic rings. The summed E-state index contributed by atoms with van der Waals surface area (Å²) in [5, 5.41) is 7.51. The van der Waals surface area contributed by atoms with Crippen molar-refractivity contribution in [2.24, 2.45) is 5.92 Å². The van der Waals surface area contributed by atoms with E-state index in [4.69, 9.17) is 9.83 Å². The number of nitrogens with one attached hydrogen (secondary N) is 1. The second-order valence-corrected chi connectivity index (χ2v) is 5.10. The van der Waals surface area contributed by atoms with Crippen LogP contribution in [0.4, 0.5) is 0 Å². The predicted molar refractivity (Wildman–Crippen MR) is 71.7 cm³/mol. The number of oxazole rings is 1. The molecule has 2 rings (SSSR count). The zero-order valence-corrected chi connectivity index (χ0v) is 11.1. The minimum absolute atomic E-state index is 0.638. The van der Waals surface area contributed by atoms with Gasteiger partial charge in [0.2, 0.25) is 0 Å². The van der Waals surface area contributed by atoms with Crippen LogP contribution in [0.1, 0.15) is 32.4 Å². The van der Waals surface area contributed by atoms with Gasteiger partial charge in [-0.3, -0.25) is 4.90 Å². The highest BCUT2D eigenvalue weighted by molar-refractivity contribution is 5.90. The molecule has 0 aromatic carbocycles. The molecular weight excluding hydrogens is 226 g/mol. The summed E-state index contributed by atoms with van der Waals surface area (Å²) in [5.41, 5.74) is 3.01. The van der Waals surface area contributed by atoms with Gasteiger partial charge in [0.15, 0.2) is 6.39 Å². The molecule has 0 radical (unpaired) electrons. The maximum atomic E-state index is 7.51. The monoisotopic (exact) mass is 247 g/mol. The van der Waals surface area contributed by atoms with Crippen LogP contribution in [0.25, 0.3) is 0 Å². The van der Waals surface area contributed by atoms with Gasteiger partial charge in [-0.25, -0.2) is 4.98 Å². The third-order valence-electron chi connectivity index (χ3n) is 3.54. The Morgan fingerprint density at radius 2 is 2.22 bits per heavy atom. The Morgan fingerprint density at radius 1 is 1.50 bits per heavy atom. The molecule has 1 aliphatic heterocycles. The lowest BCUT2D eigenvalue weighted by molar-refractivity contribution is 0.189. The normalized spacial score (nSPS) is 19.1. The summed E-state index contributed by atoms with van der Waals surface area (Å²) in [4.78, 5) is 6.57. The number of allylic oxidation sites excluding steroid dienone is 2. The molecule has 4 nitrogen and oxygen atoms in total. The number of aromatic nitrogens is 1. The van der Waals surface area contributed by atoms with Crippen LogP contribution >= 0.6 is 0 Å². The molecule has 0 saturated carbocycles. The van der Waals surface area contributed by atoms with Crippen molar-refractivity contribution in [1.82, 2.24) is 9.88 Å². The summed E-state index contributed by atoms with van der Waals surface area (Å²) in [7, 11) is 0. The van der Waals surface area contributed by atoms with Crippen molar-refractivity contribution < 1.29 is 4.42 Å². The summed E-state index contributed by atoms with van der Waals surface area (Å²) in [6.45, 7) is 7.06. The topological polar surface area (TPSA) is 53.1 Å². The maximum absolute atomic E-state index is 7.51. The van der Waals surface area contributed by atoms with E-state index in [1.807, 2.05) is 13.0 Å². The van der Waals surface area contributed by atoms with E-state index in [9.17, 15) is 0 Å². The minimum Gasteiger partial charge on any atom is -0.451 e. The number of nitrogens with zero attached hydrogens (tertiary/aromatic N) is 2. The van der Waals surface area contributed by atoms with E-state index in [0.717, 1.165) is 25.3 Å². The largest absolute Gasteiger partial charge is 0.451 e. The van der Waals surface area contributed by atoms with Gasteiger partial charge in [0.05, 0.1) is 5.69 Å². The first kappa shape index (κ1) is 13.0. The molecule has 0 bridgehead atoms. The first-order valence-corrected chi connectivity index (χ1v) is 6.48. The number of rotatable bonds is 4. The van der Waals surface area contributed by atoms with Crippen LogP contribution in [0, 0.1) is 11.3 Å². The lowest BCUT2D eigenvalue weighted by Gasteiger charge is -2.31. The van der Waals surface area contributed by atoms with Crippen LogP contribution in [-0.4, -0.2) is 28.7 Å². The second-order valence-electron chi connectivity index (χ2n) is 5.10. The average molecular weight is 247 g/mol. The third kappa shape index (κ3) is 3.53. The molecule has 0 atom stereocenters. The SMILES string of the molecule is CC(=N)/C=C(\C)C1CCN(Cc2cocn2)CC1. The lowest BCUT2D eigenvalue weighted by Crippen LogP contribution is -2.33. The van der Waals surface area contributed by atoms with E-state index in [-0.39, 0.29) is 0 Å². The van der Waals surface area contributed by atoms with Crippen molar-refractivity contribution in [3.63, 3.8) is 0 Å². The van der Waals surface area contributed by atoms with E-state index in [1.54, 1.807) is 6.26 Å². The van der Waals surface area contributed by atoms with Crippen molar-refractivity contribution in [3.05, 3.63) is 30.0 Å². The smallest absolute Gasteiger partial charge is 0.180 e. The van der Waals surface area contributed by atoms with E-state index in [1.165, 1.54) is 24.8 Å². The van der Waals surface area contributed by atoms with Gasteiger partial charge < -0.3 is 9.83 Å². The van der Waals surface area contributed by atoms with Crippen molar-refractivity contribution >= 4 is 5.71 Å². The predicted octanol–water partition coefficient (Wildman–Crippen LogP) is 2.87. The maximum Gasteiger partial charge on any atom is 0.180 e. The molecule has 1 saturated heterocycles. The fraction of sp³-hybridized carbons (Fsp3) is 0.571. The lowest BCUT2D eigenvalue weighted by atomic mass is 9.89. The van der Waals surface area contributed by atoms with E-state index in [2.05, 4.69) is 16.8 Å². The fourth-order valence-corrected chi connectivity index (χ4v) is 2.55. The van der Waals surface area contributed by atoms with Gasteiger partial charge in [-0.2, -0.15) is 0 Å². The van der Waals surface area contributed by atoms with Crippen LogP contribution < -0.4 is 0 Å². The molecular formula is C14H21N3O. The molecule has 0 aliphatic carbocycles. The molecule has 4 heteroatoms. The quantitative estimate of drug-likeness (QED) is 0.832. The second kappa shape index (κ2) is 5.96. The summed E-state index contributed by atoms with van der Waals surface area (Å²) in [6.07, 6.45) is 7.55. The Balaban J connectivity index is 1.83. The molecule has 98 valence electrons. The first-order valence-electron chi connectivity index (χ1n) is 6.48.